The molecule has 37 heavy (non-hydrogen) atoms. The highest BCUT2D eigenvalue weighted by atomic mass is 79.9. The molecule has 0 spiro atoms. The summed E-state index contributed by atoms with van der Waals surface area (Å²) in [5, 5.41) is 4.54. The SMILES string of the molecule is CC(Oc1ccc(-c2ccccc2)cc1)C(=O)N/N=C/c1cc(Br)ccc1OC(=O)c1ccc(Cl)cc1. The van der Waals surface area contributed by atoms with Gasteiger partial charge in [0.15, 0.2) is 6.10 Å². The topological polar surface area (TPSA) is 77.0 Å². The van der Waals surface area contributed by atoms with Gasteiger partial charge in [-0.15, -0.1) is 0 Å². The Hall–Kier alpha value is -3.94. The second kappa shape index (κ2) is 12.3. The number of halogens is 2. The first-order chi connectivity index (χ1) is 17.9. The molecular formula is C29H22BrClN2O4. The zero-order valence-electron chi connectivity index (χ0n) is 19.7. The Kier molecular flexibility index (Phi) is 8.72. The normalized spacial score (nSPS) is 11.6. The molecule has 4 rings (SSSR count). The summed E-state index contributed by atoms with van der Waals surface area (Å²) in [5.74, 6) is -0.130. The number of nitrogens with zero attached hydrogens (tertiary/aromatic N) is 1. The lowest BCUT2D eigenvalue weighted by molar-refractivity contribution is -0.127. The molecule has 1 N–H and O–H groups in total. The standard InChI is InChI=1S/C29H22BrClN2O4/c1-19(36-26-14-9-21(10-15-26)20-5-3-2-4-6-20)28(34)33-32-18-23-17-24(30)11-16-27(23)37-29(35)22-7-12-25(31)13-8-22/h2-19H,1H3,(H,33,34)/b32-18+. The van der Waals surface area contributed by atoms with E-state index >= 15 is 0 Å². The van der Waals surface area contributed by atoms with Crippen LogP contribution >= 0.6 is 27.5 Å². The quantitative estimate of drug-likeness (QED) is 0.107. The minimum absolute atomic E-state index is 0.281. The van der Waals surface area contributed by atoms with Gasteiger partial charge in [-0.25, -0.2) is 10.2 Å². The summed E-state index contributed by atoms with van der Waals surface area (Å²) < 4.78 is 12.0. The number of benzene rings is 4. The lowest BCUT2D eigenvalue weighted by atomic mass is 10.1. The molecule has 1 amide bonds. The van der Waals surface area contributed by atoms with Crippen LogP contribution in [0, 0.1) is 0 Å². The third kappa shape index (κ3) is 7.29. The average Bonchev–Trinajstić information content (AvgIpc) is 2.91. The number of carbonyl (C=O) groups excluding carboxylic acids is 2. The van der Waals surface area contributed by atoms with Crippen molar-refractivity contribution in [2.45, 2.75) is 13.0 Å². The maximum atomic E-state index is 12.5. The van der Waals surface area contributed by atoms with E-state index < -0.39 is 18.0 Å². The number of carbonyl (C=O) groups is 2. The van der Waals surface area contributed by atoms with Gasteiger partial charge in [-0.3, -0.25) is 4.79 Å². The van der Waals surface area contributed by atoms with E-state index in [-0.39, 0.29) is 5.75 Å². The fraction of sp³-hybridized carbons (Fsp3) is 0.0690. The van der Waals surface area contributed by atoms with Gasteiger partial charge in [0.25, 0.3) is 5.91 Å². The lowest BCUT2D eigenvalue weighted by Gasteiger charge is -2.13. The Morgan fingerprint density at radius 3 is 2.30 bits per heavy atom. The van der Waals surface area contributed by atoms with Crippen molar-refractivity contribution in [3.05, 3.63) is 118 Å². The van der Waals surface area contributed by atoms with E-state index in [9.17, 15) is 9.59 Å². The molecule has 0 bridgehead atoms. The van der Waals surface area contributed by atoms with Crippen LogP contribution in [0.4, 0.5) is 0 Å². The molecule has 4 aromatic rings. The number of rotatable bonds is 8. The van der Waals surface area contributed by atoms with E-state index in [1.54, 1.807) is 49.4 Å². The van der Waals surface area contributed by atoms with E-state index in [0.29, 0.717) is 21.9 Å². The molecule has 0 aliphatic carbocycles. The molecule has 0 saturated heterocycles. The monoisotopic (exact) mass is 576 g/mol. The van der Waals surface area contributed by atoms with E-state index in [1.165, 1.54) is 6.21 Å². The fourth-order valence-electron chi connectivity index (χ4n) is 3.33. The fourth-order valence-corrected chi connectivity index (χ4v) is 3.83. The summed E-state index contributed by atoms with van der Waals surface area (Å²) in [6, 6.07) is 28.9. The van der Waals surface area contributed by atoms with E-state index in [4.69, 9.17) is 21.1 Å². The minimum atomic E-state index is -0.788. The highest BCUT2D eigenvalue weighted by Gasteiger charge is 2.15. The molecule has 0 aliphatic rings. The van der Waals surface area contributed by atoms with Crippen molar-refractivity contribution in [1.82, 2.24) is 5.43 Å². The average molecular weight is 578 g/mol. The van der Waals surface area contributed by atoms with Gasteiger partial charge < -0.3 is 9.47 Å². The Morgan fingerprint density at radius 1 is 0.919 bits per heavy atom. The summed E-state index contributed by atoms with van der Waals surface area (Å²) in [4.78, 5) is 25.0. The van der Waals surface area contributed by atoms with Crippen LogP contribution in [0.25, 0.3) is 11.1 Å². The van der Waals surface area contributed by atoms with Crippen LogP contribution in [-0.4, -0.2) is 24.2 Å². The molecule has 0 saturated carbocycles. The number of esters is 1. The summed E-state index contributed by atoms with van der Waals surface area (Å²) >= 11 is 9.27. The molecule has 6 nitrogen and oxygen atoms in total. The zero-order chi connectivity index (χ0) is 26.2. The third-order valence-electron chi connectivity index (χ3n) is 5.28. The van der Waals surface area contributed by atoms with Gasteiger partial charge in [0.05, 0.1) is 11.8 Å². The van der Waals surface area contributed by atoms with Crippen molar-refractivity contribution < 1.29 is 19.1 Å². The Balaban J connectivity index is 1.36. The van der Waals surface area contributed by atoms with Crippen molar-refractivity contribution in [1.29, 1.82) is 0 Å². The third-order valence-corrected chi connectivity index (χ3v) is 6.02. The number of nitrogens with one attached hydrogen (secondary N) is 1. The number of hydrogen-bond donors (Lipinski definition) is 1. The molecule has 0 radical (unpaired) electrons. The molecule has 1 atom stereocenters. The maximum absolute atomic E-state index is 12.5. The van der Waals surface area contributed by atoms with Crippen LogP contribution < -0.4 is 14.9 Å². The lowest BCUT2D eigenvalue weighted by Crippen LogP contribution is -2.33. The zero-order valence-corrected chi connectivity index (χ0v) is 22.1. The van der Waals surface area contributed by atoms with Crippen LogP contribution in [0.15, 0.2) is 107 Å². The molecule has 8 heteroatoms. The van der Waals surface area contributed by atoms with Gasteiger partial charge in [0.2, 0.25) is 0 Å². The summed E-state index contributed by atoms with van der Waals surface area (Å²) in [6.45, 7) is 1.63. The largest absolute Gasteiger partial charge is 0.481 e. The van der Waals surface area contributed by atoms with Gasteiger partial charge in [0, 0.05) is 15.1 Å². The van der Waals surface area contributed by atoms with Crippen molar-refractivity contribution in [2.24, 2.45) is 5.10 Å². The number of ether oxygens (including phenoxy) is 2. The van der Waals surface area contributed by atoms with Gasteiger partial charge in [0.1, 0.15) is 11.5 Å². The first kappa shape index (κ1) is 26.1. The molecular weight excluding hydrogens is 556 g/mol. The Bertz CT molecular complexity index is 1410. The van der Waals surface area contributed by atoms with Gasteiger partial charge >= 0.3 is 5.97 Å². The summed E-state index contributed by atoms with van der Waals surface area (Å²) in [7, 11) is 0. The molecule has 0 aromatic heterocycles. The van der Waals surface area contributed by atoms with Crippen LogP contribution in [0.1, 0.15) is 22.8 Å². The molecule has 4 aromatic carbocycles. The van der Waals surface area contributed by atoms with Gasteiger partial charge in [-0.05, 0) is 72.6 Å². The predicted molar refractivity (Wildman–Crippen MR) is 148 cm³/mol. The number of amides is 1. The maximum Gasteiger partial charge on any atom is 0.343 e. The van der Waals surface area contributed by atoms with Crippen molar-refractivity contribution >= 4 is 45.6 Å². The summed E-state index contributed by atoms with van der Waals surface area (Å²) in [5.41, 5.74) is 5.45. The van der Waals surface area contributed by atoms with E-state index in [2.05, 4.69) is 26.5 Å². The Morgan fingerprint density at radius 2 is 1.59 bits per heavy atom. The molecule has 0 heterocycles. The number of hydrazone groups is 1. The summed E-state index contributed by atoms with van der Waals surface area (Å²) in [6.07, 6.45) is 0.610. The second-order valence-corrected chi connectivity index (χ2v) is 9.32. The minimum Gasteiger partial charge on any atom is -0.481 e. The van der Waals surface area contributed by atoms with Gasteiger partial charge in [-0.2, -0.15) is 5.10 Å². The highest BCUT2D eigenvalue weighted by Crippen LogP contribution is 2.24. The van der Waals surface area contributed by atoms with Crippen LogP contribution in [0.2, 0.25) is 5.02 Å². The van der Waals surface area contributed by atoms with Crippen molar-refractivity contribution in [3.63, 3.8) is 0 Å². The van der Waals surface area contributed by atoms with Crippen LogP contribution in [0.5, 0.6) is 11.5 Å². The van der Waals surface area contributed by atoms with Crippen molar-refractivity contribution in [3.8, 4) is 22.6 Å². The smallest absolute Gasteiger partial charge is 0.343 e. The van der Waals surface area contributed by atoms with Gasteiger partial charge in [-0.1, -0.05) is 70.0 Å². The molecule has 0 fully saturated rings. The molecule has 1 unspecified atom stereocenters. The van der Waals surface area contributed by atoms with E-state index in [0.717, 1.165) is 15.6 Å². The van der Waals surface area contributed by atoms with Crippen LogP contribution in [0.3, 0.4) is 0 Å². The van der Waals surface area contributed by atoms with E-state index in [1.807, 2.05) is 54.6 Å². The highest BCUT2D eigenvalue weighted by molar-refractivity contribution is 9.10. The van der Waals surface area contributed by atoms with Crippen molar-refractivity contribution in [2.75, 3.05) is 0 Å². The second-order valence-electron chi connectivity index (χ2n) is 7.96. The first-order valence-electron chi connectivity index (χ1n) is 11.3. The Labute approximate surface area is 228 Å². The first-order valence-corrected chi connectivity index (χ1v) is 12.5. The number of hydrogen-bond acceptors (Lipinski definition) is 5. The van der Waals surface area contributed by atoms with Crippen LogP contribution in [-0.2, 0) is 4.79 Å². The molecule has 0 aliphatic heterocycles. The molecule has 186 valence electrons. The predicted octanol–water partition coefficient (Wildman–Crippen LogP) is 6.91.